The average molecular weight is 434 g/mol. The summed E-state index contributed by atoms with van der Waals surface area (Å²) >= 11 is 1.38. The van der Waals surface area contributed by atoms with E-state index in [1.807, 2.05) is 30.3 Å². The lowest BCUT2D eigenvalue weighted by atomic mass is 9.98. The number of carbonyl (C=O) groups excluding carboxylic acids is 1. The van der Waals surface area contributed by atoms with Crippen molar-refractivity contribution in [2.24, 2.45) is 0 Å². The zero-order valence-corrected chi connectivity index (χ0v) is 17.4. The fourth-order valence-electron chi connectivity index (χ4n) is 3.78. The number of piperidine rings is 1. The van der Waals surface area contributed by atoms with E-state index in [0.29, 0.717) is 35.1 Å². The number of hydrogen-bond donors (Lipinski definition) is 0. The highest BCUT2D eigenvalue weighted by molar-refractivity contribution is 7.14. The Morgan fingerprint density at radius 2 is 1.90 bits per heavy atom. The summed E-state index contributed by atoms with van der Waals surface area (Å²) in [6.45, 7) is 1.18. The van der Waals surface area contributed by atoms with E-state index < -0.39 is 0 Å². The first kappa shape index (κ1) is 19.6. The molecule has 0 saturated carbocycles. The Kier molecular flexibility index (Phi) is 5.30. The van der Waals surface area contributed by atoms with Crippen LogP contribution >= 0.6 is 11.3 Å². The van der Waals surface area contributed by atoms with Gasteiger partial charge in [0.25, 0.3) is 5.91 Å². The smallest absolute Gasteiger partial charge is 0.276 e. The molecule has 0 N–H and O–H groups in total. The molecule has 31 heavy (non-hydrogen) atoms. The molecule has 4 aromatic rings. The lowest BCUT2D eigenvalue weighted by Gasteiger charge is -2.30. The maximum Gasteiger partial charge on any atom is 0.276 e. The van der Waals surface area contributed by atoms with E-state index in [0.717, 1.165) is 23.4 Å². The van der Waals surface area contributed by atoms with E-state index in [-0.39, 0.29) is 17.6 Å². The Morgan fingerprint density at radius 1 is 1.10 bits per heavy atom. The maximum atomic E-state index is 14.1. The van der Waals surface area contributed by atoms with Gasteiger partial charge in [-0.1, -0.05) is 59.0 Å². The molecule has 1 aliphatic rings. The summed E-state index contributed by atoms with van der Waals surface area (Å²) in [7, 11) is 0. The van der Waals surface area contributed by atoms with Crippen LogP contribution in [-0.4, -0.2) is 39.3 Å². The van der Waals surface area contributed by atoms with Gasteiger partial charge in [0.05, 0.1) is 0 Å². The highest BCUT2D eigenvalue weighted by atomic mass is 32.1. The number of carbonyl (C=O) groups is 1. The van der Waals surface area contributed by atoms with Crippen molar-refractivity contribution >= 4 is 17.2 Å². The van der Waals surface area contributed by atoms with Gasteiger partial charge < -0.3 is 9.42 Å². The lowest BCUT2D eigenvalue weighted by Crippen LogP contribution is -2.39. The highest BCUT2D eigenvalue weighted by Crippen LogP contribution is 2.34. The van der Waals surface area contributed by atoms with Gasteiger partial charge in [0.2, 0.25) is 0 Å². The molecule has 0 bridgehead atoms. The Labute approximate surface area is 182 Å². The van der Waals surface area contributed by atoms with Crippen molar-refractivity contribution in [3.05, 3.63) is 77.2 Å². The van der Waals surface area contributed by atoms with E-state index in [9.17, 15) is 9.18 Å². The van der Waals surface area contributed by atoms with Crippen molar-refractivity contribution < 1.29 is 13.7 Å². The van der Waals surface area contributed by atoms with Gasteiger partial charge in [0, 0.05) is 36.2 Å². The van der Waals surface area contributed by atoms with Gasteiger partial charge >= 0.3 is 0 Å². The molecule has 1 saturated heterocycles. The van der Waals surface area contributed by atoms with Crippen molar-refractivity contribution in [1.82, 2.24) is 20.3 Å². The van der Waals surface area contributed by atoms with Crippen molar-refractivity contribution in [2.75, 3.05) is 13.1 Å². The van der Waals surface area contributed by atoms with Crippen LogP contribution in [0.3, 0.4) is 0 Å². The fraction of sp³-hybridized carbons (Fsp3) is 0.217. The Hall–Kier alpha value is -3.39. The minimum atomic E-state index is -0.314. The fourth-order valence-corrected chi connectivity index (χ4v) is 4.78. The molecule has 2 aromatic carbocycles. The van der Waals surface area contributed by atoms with Crippen LogP contribution in [0.15, 0.2) is 65.2 Å². The van der Waals surface area contributed by atoms with E-state index >= 15 is 0 Å². The van der Waals surface area contributed by atoms with Crippen molar-refractivity contribution in [3.63, 3.8) is 0 Å². The molecule has 2 aromatic heterocycles. The molecule has 1 fully saturated rings. The largest absolute Gasteiger partial charge is 0.355 e. The summed E-state index contributed by atoms with van der Waals surface area (Å²) < 4.78 is 19.5. The van der Waals surface area contributed by atoms with Crippen molar-refractivity contribution in [2.45, 2.75) is 18.8 Å². The predicted molar refractivity (Wildman–Crippen MR) is 115 cm³/mol. The zero-order valence-electron chi connectivity index (χ0n) is 16.6. The van der Waals surface area contributed by atoms with Gasteiger partial charge in [-0.2, -0.15) is 0 Å². The molecule has 156 valence electrons. The van der Waals surface area contributed by atoms with E-state index in [4.69, 9.17) is 4.52 Å². The molecule has 5 rings (SSSR count). The van der Waals surface area contributed by atoms with Gasteiger partial charge in [-0.25, -0.2) is 4.39 Å². The molecule has 6 nitrogen and oxygen atoms in total. The number of rotatable bonds is 4. The maximum absolute atomic E-state index is 14.1. The van der Waals surface area contributed by atoms with Gasteiger partial charge in [0.15, 0.2) is 16.5 Å². The average Bonchev–Trinajstić information content (AvgIpc) is 3.50. The Bertz CT molecular complexity index is 1210. The SMILES string of the molecule is O=C(c1cc(-c2ccccc2)on1)N1CCCC(c2nnc(-c3ccccc3F)s2)C1. The van der Waals surface area contributed by atoms with Crippen LogP contribution in [0.4, 0.5) is 4.39 Å². The van der Waals surface area contributed by atoms with Crippen LogP contribution in [0, 0.1) is 5.82 Å². The predicted octanol–water partition coefficient (Wildman–Crippen LogP) is 5.02. The van der Waals surface area contributed by atoms with Gasteiger partial charge in [-0.05, 0) is 25.0 Å². The van der Waals surface area contributed by atoms with E-state index in [1.54, 1.807) is 29.2 Å². The number of benzene rings is 2. The molecule has 0 radical (unpaired) electrons. The van der Waals surface area contributed by atoms with Crippen molar-refractivity contribution in [3.8, 4) is 21.9 Å². The molecule has 8 heteroatoms. The second-order valence-electron chi connectivity index (χ2n) is 7.46. The molecular weight excluding hydrogens is 415 g/mol. The standard InChI is InChI=1S/C23H19FN4O2S/c24-18-11-5-4-10-17(18)22-26-25-21(31-22)16-9-6-12-28(14-16)23(29)19-13-20(30-27-19)15-7-2-1-3-8-15/h1-5,7-8,10-11,13,16H,6,9,12,14H2. The number of halogens is 1. The van der Waals surface area contributed by atoms with Crippen LogP contribution in [0.1, 0.15) is 34.3 Å². The van der Waals surface area contributed by atoms with Crippen LogP contribution in [-0.2, 0) is 0 Å². The molecule has 1 amide bonds. The topological polar surface area (TPSA) is 72.1 Å². The molecule has 1 atom stereocenters. The minimum absolute atomic E-state index is 0.0659. The second kappa shape index (κ2) is 8.39. The number of likely N-dealkylation sites (tertiary alicyclic amines) is 1. The third kappa shape index (κ3) is 3.98. The van der Waals surface area contributed by atoms with Crippen molar-refractivity contribution in [1.29, 1.82) is 0 Å². The molecule has 1 unspecified atom stereocenters. The first-order valence-electron chi connectivity index (χ1n) is 10.1. The molecule has 0 aliphatic carbocycles. The summed E-state index contributed by atoms with van der Waals surface area (Å²) in [6.07, 6.45) is 1.76. The number of aromatic nitrogens is 3. The highest BCUT2D eigenvalue weighted by Gasteiger charge is 2.29. The summed E-state index contributed by atoms with van der Waals surface area (Å²) in [6, 6.07) is 17.8. The number of nitrogens with zero attached hydrogens (tertiary/aromatic N) is 4. The lowest BCUT2D eigenvalue weighted by molar-refractivity contribution is 0.0696. The van der Waals surface area contributed by atoms with Crippen LogP contribution in [0.25, 0.3) is 21.9 Å². The summed E-state index contributed by atoms with van der Waals surface area (Å²) in [5.74, 6) is 0.160. The van der Waals surface area contributed by atoms with Crippen LogP contribution in [0.5, 0.6) is 0 Å². The van der Waals surface area contributed by atoms with Gasteiger partial charge in [-0.3, -0.25) is 4.79 Å². The van der Waals surface area contributed by atoms with Gasteiger partial charge in [0.1, 0.15) is 10.8 Å². The first-order valence-corrected chi connectivity index (χ1v) is 10.9. The molecule has 0 spiro atoms. The Balaban J connectivity index is 1.31. The van der Waals surface area contributed by atoms with Crippen LogP contribution < -0.4 is 0 Å². The molecular formula is C23H19FN4O2S. The molecule has 1 aliphatic heterocycles. The third-order valence-corrected chi connectivity index (χ3v) is 6.51. The quantitative estimate of drug-likeness (QED) is 0.451. The second-order valence-corrected chi connectivity index (χ2v) is 8.47. The summed E-state index contributed by atoms with van der Waals surface area (Å²) in [5, 5.41) is 13.8. The summed E-state index contributed by atoms with van der Waals surface area (Å²) in [4.78, 5) is 14.8. The normalized spacial score (nSPS) is 16.4. The summed E-state index contributed by atoms with van der Waals surface area (Å²) in [5.41, 5.74) is 1.62. The van der Waals surface area contributed by atoms with E-state index in [1.165, 1.54) is 17.4 Å². The van der Waals surface area contributed by atoms with Crippen LogP contribution in [0.2, 0.25) is 0 Å². The number of amides is 1. The minimum Gasteiger partial charge on any atom is -0.355 e. The van der Waals surface area contributed by atoms with Gasteiger partial charge in [-0.15, -0.1) is 10.2 Å². The zero-order chi connectivity index (χ0) is 21.2. The van der Waals surface area contributed by atoms with E-state index in [2.05, 4.69) is 15.4 Å². The Morgan fingerprint density at radius 3 is 2.74 bits per heavy atom. The monoisotopic (exact) mass is 434 g/mol. The molecule has 3 heterocycles. The first-order chi connectivity index (χ1) is 15.2. The third-order valence-electron chi connectivity index (χ3n) is 5.39. The number of hydrogen-bond acceptors (Lipinski definition) is 6.